The van der Waals surface area contributed by atoms with E-state index in [9.17, 15) is 8.42 Å². The number of hydrogen-bond donors (Lipinski definition) is 1. The summed E-state index contributed by atoms with van der Waals surface area (Å²) in [4.78, 5) is 4.03. The molecule has 8 heteroatoms. The fourth-order valence-electron chi connectivity index (χ4n) is 1.36. The largest absolute Gasteiger partial charge is 0.446 e. The highest BCUT2D eigenvalue weighted by molar-refractivity contribution is 7.88. The molecule has 0 saturated heterocycles. The molecule has 0 aromatic carbocycles. The van der Waals surface area contributed by atoms with Crippen LogP contribution < -0.4 is 0 Å². The Balaban J connectivity index is 2.19. The van der Waals surface area contributed by atoms with Crippen molar-refractivity contribution in [1.29, 1.82) is 0 Å². The smallest absolute Gasteiger partial charge is 0.276 e. The van der Waals surface area contributed by atoms with Crippen LogP contribution in [0.5, 0.6) is 0 Å². The van der Waals surface area contributed by atoms with Crippen LogP contribution in [-0.4, -0.2) is 29.9 Å². The monoisotopic (exact) mass is 288 g/mol. The van der Waals surface area contributed by atoms with Gasteiger partial charge in [0.05, 0.1) is 17.7 Å². The van der Waals surface area contributed by atoms with E-state index in [0.29, 0.717) is 5.69 Å². The Kier molecular flexibility index (Phi) is 3.81. The topological polar surface area (TPSA) is 83.6 Å². The summed E-state index contributed by atoms with van der Waals surface area (Å²) in [6.45, 7) is -0.147. The molecule has 0 spiro atoms. The van der Waals surface area contributed by atoms with Gasteiger partial charge in [-0.15, -0.1) is 11.3 Å². The summed E-state index contributed by atoms with van der Waals surface area (Å²) < 4.78 is 30.4. The zero-order valence-electron chi connectivity index (χ0n) is 9.61. The third-order valence-electron chi connectivity index (χ3n) is 2.33. The minimum absolute atomic E-state index is 0.177. The summed E-state index contributed by atoms with van der Waals surface area (Å²) in [5.41, 5.74) is 2.33. The lowest BCUT2D eigenvalue weighted by atomic mass is 10.5. The fraction of sp³-hybridized carbons (Fsp3) is 0.300. The molecule has 0 aliphatic heterocycles. The van der Waals surface area contributed by atoms with E-state index in [1.807, 2.05) is 0 Å². The van der Waals surface area contributed by atoms with Crippen LogP contribution in [0.4, 0.5) is 0 Å². The maximum atomic E-state index is 12.1. The van der Waals surface area contributed by atoms with E-state index in [4.69, 9.17) is 9.52 Å². The highest BCUT2D eigenvalue weighted by Gasteiger charge is 2.25. The first kappa shape index (κ1) is 13.2. The van der Waals surface area contributed by atoms with E-state index in [0.717, 1.165) is 4.31 Å². The molecule has 2 heterocycles. The Morgan fingerprint density at radius 3 is 2.83 bits per heavy atom. The number of aliphatic hydroxyl groups is 1. The van der Waals surface area contributed by atoms with Crippen molar-refractivity contribution < 1.29 is 17.9 Å². The Hall–Kier alpha value is -1.22. The molecule has 0 aliphatic rings. The first-order valence-electron chi connectivity index (χ1n) is 5.07. The first-order chi connectivity index (χ1) is 8.54. The second-order valence-electron chi connectivity index (χ2n) is 3.62. The van der Waals surface area contributed by atoms with Crippen LogP contribution in [0.1, 0.15) is 11.5 Å². The lowest BCUT2D eigenvalue weighted by molar-refractivity contribution is 0.235. The number of hydrogen-bond acceptors (Lipinski definition) is 6. The molecule has 0 amide bonds. The van der Waals surface area contributed by atoms with Crippen molar-refractivity contribution in [3.8, 4) is 0 Å². The number of sulfonamides is 1. The van der Waals surface area contributed by atoms with Gasteiger partial charge in [-0.3, -0.25) is 0 Å². The van der Waals surface area contributed by atoms with Crippen molar-refractivity contribution in [1.82, 2.24) is 9.29 Å². The van der Waals surface area contributed by atoms with E-state index < -0.39 is 10.0 Å². The summed E-state index contributed by atoms with van der Waals surface area (Å²) in [7, 11) is -2.23. The van der Waals surface area contributed by atoms with Crippen LogP contribution >= 0.6 is 11.3 Å². The van der Waals surface area contributed by atoms with Gasteiger partial charge in [0.2, 0.25) is 5.09 Å². The van der Waals surface area contributed by atoms with Crippen LogP contribution in [-0.2, 0) is 23.2 Å². The maximum Gasteiger partial charge on any atom is 0.276 e. The molecule has 18 heavy (non-hydrogen) atoms. The van der Waals surface area contributed by atoms with Gasteiger partial charge in [0, 0.05) is 12.4 Å². The van der Waals surface area contributed by atoms with Crippen molar-refractivity contribution in [3.05, 3.63) is 34.5 Å². The van der Waals surface area contributed by atoms with Gasteiger partial charge in [-0.2, -0.15) is 4.31 Å². The van der Waals surface area contributed by atoms with E-state index >= 15 is 0 Å². The number of rotatable bonds is 5. The van der Waals surface area contributed by atoms with Crippen molar-refractivity contribution in [2.24, 2.45) is 0 Å². The summed E-state index contributed by atoms with van der Waals surface area (Å²) in [5, 5.41) is 10.5. The standard InChI is InChI=1S/C10H12N2O4S2/c1-12(4-8-6-17-7-11-8)18(14,15)10-3-2-9(5-13)16-10/h2-3,6-7,13H,4-5H2,1H3. The molecule has 2 rings (SSSR count). The molecule has 98 valence electrons. The molecule has 0 aliphatic carbocycles. The van der Waals surface area contributed by atoms with Gasteiger partial charge in [-0.05, 0) is 12.1 Å². The molecule has 0 atom stereocenters. The lowest BCUT2D eigenvalue weighted by Crippen LogP contribution is -2.26. The number of furan rings is 1. The average Bonchev–Trinajstić information content (AvgIpc) is 2.99. The summed E-state index contributed by atoms with van der Waals surface area (Å²) in [6, 6.07) is 2.77. The van der Waals surface area contributed by atoms with Gasteiger partial charge in [0.1, 0.15) is 12.4 Å². The van der Waals surface area contributed by atoms with Gasteiger partial charge in [-0.25, -0.2) is 13.4 Å². The minimum Gasteiger partial charge on any atom is -0.446 e. The predicted molar refractivity (Wildman–Crippen MR) is 65.4 cm³/mol. The van der Waals surface area contributed by atoms with E-state index in [1.165, 1.54) is 30.5 Å². The number of aromatic nitrogens is 1. The Labute approximate surface area is 109 Å². The van der Waals surface area contributed by atoms with Gasteiger partial charge in [0.25, 0.3) is 10.0 Å². The summed E-state index contributed by atoms with van der Waals surface area (Å²) >= 11 is 1.41. The lowest BCUT2D eigenvalue weighted by Gasteiger charge is -2.13. The number of thiazole rings is 1. The Morgan fingerprint density at radius 2 is 2.28 bits per heavy atom. The van der Waals surface area contributed by atoms with E-state index in [-0.39, 0.29) is 24.0 Å². The highest BCUT2D eigenvalue weighted by atomic mass is 32.2. The normalized spacial score (nSPS) is 12.2. The summed E-state index contributed by atoms with van der Waals surface area (Å²) in [6.07, 6.45) is 0. The van der Waals surface area contributed by atoms with Gasteiger partial charge >= 0.3 is 0 Å². The molecule has 0 unspecified atom stereocenters. The minimum atomic E-state index is -3.68. The molecule has 1 N–H and O–H groups in total. The van der Waals surface area contributed by atoms with Gasteiger partial charge in [0.15, 0.2) is 0 Å². The first-order valence-corrected chi connectivity index (χ1v) is 7.45. The highest BCUT2D eigenvalue weighted by Crippen LogP contribution is 2.19. The Morgan fingerprint density at radius 1 is 1.50 bits per heavy atom. The number of aliphatic hydroxyl groups excluding tert-OH is 1. The van der Waals surface area contributed by atoms with Gasteiger partial charge < -0.3 is 9.52 Å². The quantitative estimate of drug-likeness (QED) is 0.889. The van der Waals surface area contributed by atoms with Crippen LogP contribution in [0.2, 0.25) is 0 Å². The molecular weight excluding hydrogens is 276 g/mol. The molecule has 2 aromatic heterocycles. The molecular formula is C10H12N2O4S2. The third-order valence-corrected chi connectivity index (χ3v) is 4.64. The van der Waals surface area contributed by atoms with Crippen molar-refractivity contribution in [2.75, 3.05) is 7.05 Å². The van der Waals surface area contributed by atoms with E-state index in [1.54, 1.807) is 10.9 Å². The van der Waals surface area contributed by atoms with Crippen LogP contribution in [0.3, 0.4) is 0 Å². The van der Waals surface area contributed by atoms with Crippen molar-refractivity contribution in [3.63, 3.8) is 0 Å². The van der Waals surface area contributed by atoms with Gasteiger partial charge in [-0.1, -0.05) is 0 Å². The zero-order chi connectivity index (χ0) is 13.2. The van der Waals surface area contributed by atoms with Crippen LogP contribution in [0.25, 0.3) is 0 Å². The van der Waals surface area contributed by atoms with E-state index in [2.05, 4.69) is 4.98 Å². The molecule has 0 saturated carbocycles. The maximum absolute atomic E-state index is 12.1. The fourth-order valence-corrected chi connectivity index (χ4v) is 2.98. The van der Waals surface area contributed by atoms with Crippen molar-refractivity contribution >= 4 is 21.4 Å². The zero-order valence-corrected chi connectivity index (χ0v) is 11.2. The second kappa shape index (κ2) is 5.19. The Bertz CT molecular complexity index is 604. The van der Waals surface area contributed by atoms with Crippen LogP contribution in [0.15, 0.2) is 32.5 Å². The van der Waals surface area contributed by atoms with Crippen LogP contribution in [0, 0.1) is 0 Å². The van der Waals surface area contributed by atoms with Crippen molar-refractivity contribution in [2.45, 2.75) is 18.2 Å². The molecule has 0 fully saturated rings. The second-order valence-corrected chi connectivity index (χ2v) is 6.31. The summed E-state index contributed by atoms with van der Waals surface area (Å²) in [5.74, 6) is 0.218. The molecule has 6 nitrogen and oxygen atoms in total. The third kappa shape index (κ3) is 2.61. The molecule has 0 bridgehead atoms. The SMILES string of the molecule is CN(Cc1cscn1)S(=O)(=O)c1ccc(CO)o1. The predicted octanol–water partition coefficient (Wildman–Crippen LogP) is 1.05. The average molecular weight is 288 g/mol. The molecule has 2 aromatic rings. The molecule has 0 radical (unpaired) electrons. The number of nitrogens with zero attached hydrogens (tertiary/aromatic N) is 2.